The molecule has 10 nitrogen and oxygen atoms in total. The number of carbonyl (C=O) groups excluding carboxylic acids is 1. The van der Waals surface area contributed by atoms with Crippen LogP contribution in [-0.2, 0) is 20.9 Å². The van der Waals surface area contributed by atoms with Gasteiger partial charge in [-0.3, -0.25) is 0 Å². The zero-order chi connectivity index (χ0) is 17.9. The number of hydrogen-bond donors (Lipinski definition) is 3. The Hall–Kier alpha value is -1.01. The summed E-state index contributed by atoms with van der Waals surface area (Å²) in [4.78, 5) is 11.2. The molecule has 11 heteroatoms. The fourth-order valence-corrected chi connectivity index (χ4v) is 2.68. The van der Waals surface area contributed by atoms with Gasteiger partial charge in [0.15, 0.2) is 0 Å². The van der Waals surface area contributed by atoms with E-state index < -0.39 is 48.6 Å². The first kappa shape index (κ1) is 22.0. The quantitative estimate of drug-likeness (QED) is 0.402. The number of carbonyl (C=O) groups is 1. The molecule has 0 radical (unpaired) electrons. The number of aromatic nitrogens is 3. The van der Waals surface area contributed by atoms with E-state index in [2.05, 4.69) is 10.3 Å². The van der Waals surface area contributed by atoms with Gasteiger partial charge in [-0.1, -0.05) is 12.1 Å². The Bertz CT molecular complexity index is 609. The molecule has 1 unspecified atom stereocenters. The first-order valence-corrected chi connectivity index (χ1v) is 7.35. The van der Waals surface area contributed by atoms with Gasteiger partial charge in [0.05, 0.1) is 31.1 Å². The molecule has 134 valence electrons. The molecular weight excluding hydrogens is 345 g/mol. The summed E-state index contributed by atoms with van der Waals surface area (Å²) in [7, 11) is 1.50. The number of ether oxygens (including phenoxy) is 2. The first-order chi connectivity index (χ1) is 11.4. The van der Waals surface area contributed by atoms with E-state index >= 15 is 0 Å². The smallest absolute Gasteiger partial charge is 0.542 e. The van der Waals surface area contributed by atoms with Crippen LogP contribution in [0, 0.1) is 5.92 Å². The van der Waals surface area contributed by atoms with Gasteiger partial charge in [0.1, 0.15) is 30.0 Å². The van der Waals surface area contributed by atoms with Crippen LogP contribution >= 0.6 is 0 Å². The van der Waals surface area contributed by atoms with E-state index in [1.165, 1.54) is 24.1 Å². The third-order valence-corrected chi connectivity index (χ3v) is 3.98. The van der Waals surface area contributed by atoms with Crippen molar-refractivity contribution < 1.29 is 64.3 Å². The summed E-state index contributed by atoms with van der Waals surface area (Å²) in [5.41, 5.74) is 0.598. The molecule has 0 fully saturated rings. The van der Waals surface area contributed by atoms with Crippen LogP contribution in [0.4, 0.5) is 0 Å². The maximum Gasteiger partial charge on any atom is 1.00 e. The second-order valence-electron chi connectivity index (χ2n) is 5.59. The van der Waals surface area contributed by atoms with Crippen molar-refractivity contribution in [2.45, 2.75) is 37.9 Å². The molecule has 2 rings (SSSR count). The number of nitrogens with zero attached hydrogens (tertiary/aromatic N) is 3. The predicted molar refractivity (Wildman–Crippen MR) is 76.0 cm³/mol. The Kier molecular flexibility index (Phi) is 8.48. The van der Waals surface area contributed by atoms with E-state index in [-0.39, 0.29) is 36.2 Å². The molecule has 0 aromatic carbocycles. The summed E-state index contributed by atoms with van der Waals surface area (Å²) in [5, 5.41) is 47.8. The number of methoxy groups -OCH3 is 1. The molecule has 0 saturated carbocycles. The number of aliphatic hydroxyl groups is 3. The number of carboxylic acids is 1. The van der Waals surface area contributed by atoms with Crippen LogP contribution in [-0.4, -0.2) is 68.3 Å². The maximum absolute atomic E-state index is 11.2. The van der Waals surface area contributed by atoms with E-state index in [4.69, 9.17) is 14.6 Å². The summed E-state index contributed by atoms with van der Waals surface area (Å²) in [6.07, 6.45) is -1.28. The van der Waals surface area contributed by atoms with Gasteiger partial charge in [-0.15, -0.1) is 5.10 Å². The summed E-state index contributed by atoms with van der Waals surface area (Å²) in [6, 6.07) is -0.621. The van der Waals surface area contributed by atoms with Crippen molar-refractivity contribution in [3.05, 3.63) is 23.7 Å². The summed E-state index contributed by atoms with van der Waals surface area (Å²) in [5.74, 6) is -2.52. The van der Waals surface area contributed by atoms with Crippen LogP contribution in [0.25, 0.3) is 0 Å². The standard InChI is InChI=1S/C14H21N3O7.Na/c1-7-9(17-8(6-23-2)4-15-16-17)3-11(14(21)22)24-13(7)12(20)10(19)5-18;/h3-4,7,9-10,12-13,18-20H,5-6H2,1-2H3,(H,21,22);/q;+1/p-1/t7-,9+,10?,12-,13-;/m1./s1. The van der Waals surface area contributed by atoms with Crippen molar-refractivity contribution in [2.24, 2.45) is 5.92 Å². The van der Waals surface area contributed by atoms with Gasteiger partial charge in [0, 0.05) is 13.0 Å². The zero-order valence-corrected chi connectivity index (χ0v) is 16.3. The molecule has 1 aromatic heterocycles. The van der Waals surface area contributed by atoms with Gasteiger partial charge in [-0.2, -0.15) is 0 Å². The van der Waals surface area contributed by atoms with Crippen molar-refractivity contribution in [2.75, 3.05) is 13.7 Å². The summed E-state index contributed by atoms with van der Waals surface area (Å²) in [6.45, 7) is 1.21. The van der Waals surface area contributed by atoms with Crippen LogP contribution in [0.2, 0.25) is 0 Å². The van der Waals surface area contributed by atoms with E-state index in [1.807, 2.05) is 0 Å². The zero-order valence-electron chi connectivity index (χ0n) is 14.3. The van der Waals surface area contributed by atoms with Gasteiger partial charge >= 0.3 is 29.6 Å². The van der Waals surface area contributed by atoms with Crippen molar-refractivity contribution in [3.63, 3.8) is 0 Å². The molecule has 3 N–H and O–H groups in total. The van der Waals surface area contributed by atoms with Crippen LogP contribution < -0.4 is 34.7 Å². The summed E-state index contributed by atoms with van der Waals surface area (Å²) < 4.78 is 11.8. The van der Waals surface area contributed by atoms with Crippen molar-refractivity contribution in [1.29, 1.82) is 0 Å². The van der Waals surface area contributed by atoms with Gasteiger partial charge < -0.3 is 34.7 Å². The number of hydrogen-bond acceptors (Lipinski definition) is 9. The molecule has 2 heterocycles. The predicted octanol–water partition coefficient (Wildman–Crippen LogP) is -5.65. The monoisotopic (exact) mass is 365 g/mol. The Labute approximate surface area is 166 Å². The number of rotatable bonds is 7. The molecule has 1 aliphatic rings. The van der Waals surface area contributed by atoms with Gasteiger partial charge in [-0.25, -0.2) is 4.68 Å². The molecular formula is C14H20N3NaO7. The molecule has 1 aromatic rings. The van der Waals surface area contributed by atoms with Crippen LogP contribution in [0.5, 0.6) is 0 Å². The van der Waals surface area contributed by atoms with E-state index in [1.54, 1.807) is 6.92 Å². The van der Waals surface area contributed by atoms with Crippen LogP contribution in [0.3, 0.4) is 0 Å². The second kappa shape index (κ2) is 9.62. The number of allylic oxidation sites excluding steroid dienone is 1. The fraction of sp³-hybridized carbons (Fsp3) is 0.643. The number of carboxylic acid groups (broad SMARTS) is 1. The molecule has 1 aliphatic heterocycles. The number of aliphatic carboxylic acids is 1. The average molecular weight is 365 g/mol. The van der Waals surface area contributed by atoms with Crippen LogP contribution in [0.15, 0.2) is 18.0 Å². The summed E-state index contributed by atoms with van der Waals surface area (Å²) >= 11 is 0. The van der Waals surface area contributed by atoms with Crippen molar-refractivity contribution in [3.8, 4) is 0 Å². The Balaban J connectivity index is 0.00000312. The molecule has 25 heavy (non-hydrogen) atoms. The van der Waals surface area contributed by atoms with Gasteiger partial charge in [0.25, 0.3) is 0 Å². The third-order valence-electron chi connectivity index (χ3n) is 3.98. The fourth-order valence-electron chi connectivity index (χ4n) is 2.68. The SMILES string of the molecule is COCc1cnnn1[C@H]1C=C(C(=O)[O-])O[C@@H]([C@H](O)C(O)CO)[C@@H]1C.[Na+]. The molecule has 0 amide bonds. The topological polar surface area (TPSA) is 150 Å². The van der Waals surface area contributed by atoms with E-state index in [0.29, 0.717) is 5.69 Å². The number of aliphatic hydroxyl groups excluding tert-OH is 3. The minimum atomic E-state index is -1.56. The van der Waals surface area contributed by atoms with E-state index in [9.17, 15) is 20.1 Å². The van der Waals surface area contributed by atoms with Crippen LogP contribution in [0.1, 0.15) is 18.7 Å². The molecule has 0 bridgehead atoms. The molecule has 0 saturated heterocycles. The molecule has 0 aliphatic carbocycles. The Morgan fingerprint density at radius 2 is 2.20 bits per heavy atom. The van der Waals surface area contributed by atoms with Gasteiger partial charge in [-0.05, 0) is 6.08 Å². The minimum Gasteiger partial charge on any atom is -0.542 e. The second-order valence-corrected chi connectivity index (χ2v) is 5.59. The molecule has 0 spiro atoms. The van der Waals surface area contributed by atoms with Gasteiger partial charge in [0.2, 0.25) is 0 Å². The van der Waals surface area contributed by atoms with Crippen molar-refractivity contribution >= 4 is 5.97 Å². The first-order valence-electron chi connectivity index (χ1n) is 7.35. The normalized spacial score (nSPS) is 25.3. The average Bonchev–Trinajstić information content (AvgIpc) is 3.01. The minimum absolute atomic E-state index is 0. The maximum atomic E-state index is 11.2. The largest absolute Gasteiger partial charge is 1.00 e. The van der Waals surface area contributed by atoms with Crippen molar-refractivity contribution in [1.82, 2.24) is 15.0 Å². The Morgan fingerprint density at radius 3 is 2.76 bits per heavy atom. The third kappa shape index (κ3) is 4.79. The van der Waals surface area contributed by atoms with E-state index in [0.717, 1.165) is 0 Å². The molecule has 5 atom stereocenters. The Morgan fingerprint density at radius 1 is 1.52 bits per heavy atom.